The van der Waals surface area contributed by atoms with E-state index in [4.69, 9.17) is 0 Å². The standard InChI is InChI=1S/C13H21N5O2S/c1-15(2)7-6-8-21-12-14-10-9(16(12)3)11(19)18(5)13(20)17(10)4/h6-8H2,1-5H3. The summed E-state index contributed by atoms with van der Waals surface area (Å²) in [6.07, 6.45) is 1.04. The second kappa shape index (κ2) is 6.07. The van der Waals surface area contributed by atoms with Crippen LogP contribution in [0.25, 0.3) is 11.2 Å². The van der Waals surface area contributed by atoms with Gasteiger partial charge in [0.2, 0.25) is 0 Å². The molecule has 21 heavy (non-hydrogen) atoms. The molecule has 0 fully saturated rings. The lowest BCUT2D eigenvalue weighted by Gasteiger charge is -2.08. The van der Waals surface area contributed by atoms with Gasteiger partial charge in [0.05, 0.1) is 0 Å². The van der Waals surface area contributed by atoms with Crippen LogP contribution in [0.4, 0.5) is 0 Å². The van der Waals surface area contributed by atoms with E-state index in [9.17, 15) is 9.59 Å². The fourth-order valence-electron chi connectivity index (χ4n) is 2.17. The van der Waals surface area contributed by atoms with Crippen LogP contribution in [-0.4, -0.2) is 50.0 Å². The molecular weight excluding hydrogens is 290 g/mol. The zero-order valence-electron chi connectivity index (χ0n) is 13.1. The van der Waals surface area contributed by atoms with Crippen LogP contribution >= 0.6 is 11.8 Å². The molecule has 2 aromatic heterocycles. The lowest BCUT2D eigenvalue weighted by atomic mass is 10.5. The molecule has 0 aliphatic carbocycles. The van der Waals surface area contributed by atoms with Gasteiger partial charge in [-0.1, -0.05) is 11.8 Å². The molecule has 116 valence electrons. The van der Waals surface area contributed by atoms with E-state index in [1.165, 1.54) is 11.6 Å². The van der Waals surface area contributed by atoms with Crippen molar-refractivity contribution in [3.8, 4) is 0 Å². The van der Waals surface area contributed by atoms with Crippen molar-refractivity contribution in [2.45, 2.75) is 11.6 Å². The van der Waals surface area contributed by atoms with Crippen LogP contribution in [0, 0.1) is 0 Å². The minimum atomic E-state index is -0.352. The summed E-state index contributed by atoms with van der Waals surface area (Å²) in [5, 5.41) is 0.766. The highest BCUT2D eigenvalue weighted by atomic mass is 32.2. The first-order chi connectivity index (χ1) is 9.84. The number of rotatable bonds is 5. The van der Waals surface area contributed by atoms with Gasteiger partial charge in [0.25, 0.3) is 5.56 Å². The van der Waals surface area contributed by atoms with E-state index in [0.717, 1.165) is 28.4 Å². The number of hydrogen-bond acceptors (Lipinski definition) is 5. The Hall–Kier alpha value is -1.54. The topological polar surface area (TPSA) is 65.1 Å². The summed E-state index contributed by atoms with van der Waals surface area (Å²) >= 11 is 1.61. The molecule has 0 unspecified atom stereocenters. The van der Waals surface area contributed by atoms with Crippen molar-refractivity contribution in [1.82, 2.24) is 23.6 Å². The monoisotopic (exact) mass is 311 g/mol. The first-order valence-corrected chi connectivity index (χ1v) is 7.73. The second-order valence-corrected chi connectivity index (χ2v) is 6.40. The molecule has 2 rings (SSSR count). The van der Waals surface area contributed by atoms with Gasteiger partial charge >= 0.3 is 5.69 Å². The van der Waals surface area contributed by atoms with Crippen molar-refractivity contribution in [3.63, 3.8) is 0 Å². The number of imidazole rings is 1. The lowest BCUT2D eigenvalue weighted by molar-refractivity contribution is 0.410. The Kier molecular flexibility index (Phi) is 4.58. The van der Waals surface area contributed by atoms with Gasteiger partial charge in [-0.3, -0.25) is 13.9 Å². The summed E-state index contributed by atoms with van der Waals surface area (Å²) in [5.41, 5.74) is 0.258. The highest BCUT2D eigenvalue weighted by Gasteiger charge is 2.16. The van der Waals surface area contributed by atoms with Gasteiger partial charge in [0.15, 0.2) is 16.3 Å². The van der Waals surface area contributed by atoms with Crippen molar-refractivity contribution in [2.75, 3.05) is 26.4 Å². The van der Waals surface area contributed by atoms with Crippen LogP contribution in [0.1, 0.15) is 6.42 Å². The maximum atomic E-state index is 12.2. The average molecular weight is 311 g/mol. The van der Waals surface area contributed by atoms with Crippen LogP contribution in [0.15, 0.2) is 14.7 Å². The van der Waals surface area contributed by atoms with Gasteiger partial charge < -0.3 is 9.47 Å². The third-order valence-corrected chi connectivity index (χ3v) is 4.53. The van der Waals surface area contributed by atoms with Gasteiger partial charge in [-0.15, -0.1) is 0 Å². The van der Waals surface area contributed by atoms with Crippen molar-refractivity contribution in [2.24, 2.45) is 21.1 Å². The summed E-state index contributed by atoms with van der Waals surface area (Å²) < 4.78 is 4.31. The van der Waals surface area contributed by atoms with Crippen LogP contribution in [0.3, 0.4) is 0 Å². The molecule has 0 aromatic carbocycles. The molecule has 0 radical (unpaired) electrons. The third kappa shape index (κ3) is 2.91. The van der Waals surface area contributed by atoms with Crippen molar-refractivity contribution in [1.29, 1.82) is 0 Å². The summed E-state index contributed by atoms with van der Waals surface area (Å²) in [6.45, 7) is 1.01. The number of fused-ring (bicyclic) bond motifs is 1. The van der Waals surface area contributed by atoms with Crippen LogP contribution in [0.2, 0.25) is 0 Å². The van der Waals surface area contributed by atoms with Crippen LogP contribution < -0.4 is 11.2 Å². The quantitative estimate of drug-likeness (QED) is 0.575. The molecule has 0 aliphatic heterocycles. The second-order valence-electron chi connectivity index (χ2n) is 5.34. The number of nitrogens with zero attached hydrogens (tertiary/aromatic N) is 5. The first kappa shape index (κ1) is 15.8. The van der Waals surface area contributed by atoms with E-state index in [0.29, 0.717) is 11.2 Å². The molecule has 0 aliphatic rings. The van der Waals surface area contributed by atoms with Gasteiger partial charge in [-0.05, 0) is 27.1 Å². The number of thioether (sulfide) groups is 1. The highest BCUT2D eigenvalue weighted by Crippen LogP contribution is 2.20. The zero-order valence-corrected chi connectivity index (χ0v) is 13.9. The van der Waals surface area contributed by atoms with Gasteiger partial charge in [-0.25, -0.2) is 9.78 Å². The highest BCUT2D eigenvalue weighted by molar-refractivity contribution is 7.99. The molecule has 0 atom stereocenters. The smallest absolute Gasteiger partial charge is 0.316 e. The predicted molar refractivity (Wildman–Crippen MR) is 85.1 cm³/mol. The predicted octanol–water partition coefficient (Wildman–Crippen LogP) is 0.0145. The Morgan fingerprint density at radius 1 is 1.10 bits per heavy atom. The van der Waals surface area contributed by atoms with E-state index in [-0.39, 0.29) is 11.2 Å². The number of aromatic nitrogens is 4. The van der Waals surface area contributed by atoms with E-state index in [1.807, 2.05) is 21.1 Å². The molecule has 2 heterocycles. The largest absolute Gasteiger partial charge is 0.332 e. The minimum Gasteiger partial charge on any atom is -0.316 e. The average Bonchev–Trinajstić information content (AvgIpc) is 2.76. The van der Waals surface area contributed by atoms with Gasteiger partial charge in [-0.2, -0.15) is 0 Å². The number of hydrogen-bond donors (Lipinski definition) is 0. The molecule has 0 saturated heterocycles. The Bertz CT molecular complexity index is 771. The minimum absolute atomic E-state index is 0.303. The molecule has 0 saturated carbocycles. The maximum Gasteiger partial charge on any atom is 0.332 e. The summed E-state index contributed by atoms with van der Waals surface area (Å²) in [4.78, 5) is 30.7. The Morgan fingerprint density at radius 2 is 1.76 bits per heavy atom. The van der Waals surface area contributed by atoms with Crippen LogP contribution in [-0.2, 0) is 21.1 Å². The summed E-state index contributed by atoms with van der Waals surface area (Å²) in [7, 11) is 9.02. The molecular formula is C13H21N5O2S. The van der Waals surface area contributed by atoms with E-state index < -0.39 is 0 Å². The van der Waals surface area contributed by atoms with Crippen molar-refractivity contribution < 1.29 is 0 Å². The Labute approximate surface area is 127 Å². The lowest BCUT2D eigenvalue weighted by Crippen LogP contribution is -2.37. The molecule has 8 heteroatoms. The van der Waals surface area contributed by atoms with Gasteiger partial charge in [0, 0.05) is 26.9 Å². The van der Waals surface area contributed by atoms with E-state index >= 15 is 0 Å². The van der Waals surface area contributed by atoms with Crippen molar-refractivity contribution >= 4 is 22.9 Å². The fourth-order valence-corrected chi connectivity index (χ4v) is 3.06. The Balaban J connectivity index is 2.38. The maximum absolute atomic E-state index is 12.2. The normalized spacial score (nSPS) is 11.7. The molecule has 7 nitrogen and oxygen atoms in total. The molecule has 2 aromatic rings. The summed E-state index contributed by atoms with van der Waals surface area (Å²) in [5.74, 6) is 0.920. The van der Waals surface area contributed by atoms with Crippen molar-refractivity contribution in [3.05, 3.63) is 20.8 Å². The molecule has 0 bridgehead atoms. The number of aryl methyl sites for hydroxylation is 2. The van der Waals surface area contributed by atoms with E-state index in [1.54, 1.807) is 23.4 Å². The molecule has 0 spiro atoms. The van der Waals surface area contributed by atoms with Crippen LogP contribution in [0.5, 0.6) is 0 Å². The molecule has 0 amide bonds. The molecule has 0 N–H and O–H groups in total. The zero-order chi connectivity index (χ0) is 15.7. The SMILES string of the molecule is CN(C)CCCSc1nc2c(c(=O)n(C)c(=O)n2C)n1C. The fraction of sp³-hybridized carbons (Fsp3) is 0.615. The van der Waals surface area contributed by atoms with E-state index in [2.05, 4.69) is 9.88 Å². The van der Waals surface area contributed by atoms with Gasteiger partial charge in [0.1, 0.15) is 0 Å². The third-order valence-electron chi connectivity index (χ3n) is 3.42. The Morgan fingerprint density at radius 3 is 2.38 bits per heavy atom. The first-order valence-electron chi connectivity index (χ1n) is 6.74. The summed E-state index contributed by atoms with van der Waals surface area (Å²) in [6, 6.07) is 0.